The second-order valence-corrected chi connectivity index (χ2v) is 7.91. The third-order valence-electron chi connectivity index (χ3n) is 6.09. The zero-order valence-electron chi connectivity index (χ0n) is 18.3. The van der Waals surface area contributed by atoms with Crippen LogP contribution in [-0.2, 0) is 6.42 Å². The molecule has 5 N–H and O–H groups in total. The predicted molar refractivity (Wildman–Crippen MR) is 123 cm³/mol. The molecule has 1 aliphatic heterocycles. The largest absolute Gasteiger partial charge is 0.497 e. The summed E-state index contributed by atoms with van der Waals surface area (Å²) in [5.74, 6) is 0.778. The fourth-order valence-corrected chi connectivity index (χ4v) is 4.65. The number of H-pyrrole nitrogens is 2. The van der Waals surface area contributed by atoms with Gasteiger partial charge in [0.05, 0.1) is 31.6 Å². The summed E-state index contributed by atoms with van der Waals surface area (Å²) >= 11 is 0. The standard InChI is InChI=1S/C24H24N4O5/c1-3-33-18-7-5-4-6-17(18)28-23(30)19(22(29)27-24(28)31)21-20-14(10-11-25-21)15-12-13(32-2)8-9-16(15)26-20/h4-9,12,21,25-26,30H,3,10-11H2,1-2H3,(H,27,29,31)/p+1/t21-/m1/s1. The van der Waals surface area contributed by atoms with Crippen molar-refractivity contribution in [3.05, 3.63) is 80.1 Å². The number of benzene rings is 2. The van der Waals surface area contributed by atoms with Crippen LogP contribution < -0.4 is 26.0 Å². The summed E-state index contributed by atoms with van der Waals surface area (Å²) in [7, 11) is 1.62. The molecule has 9 heteroatoms. The SMILES string of the molecule is CCOc1ccccc1-n1c(O)c([C@H]2[NH2+]CCc3c2[nH]c2ccc(OC)cc32)c(=O)[nH]c1=O. The second kappa shape index (κ2) is 8.18. The first-order chi connectivity index (χ1) is 16.0. The molecule has 0 spiro atoms. The molecule has 1 aliphatic rings. The monoisotopic (exact) mass is 449 g/mol. The first kappa shape index (κ1) is 20.9. The number of ether oxygens (including phenoxy) is 2. The van der Waals surface area contributed by atoms with Crippen molar-refractivity contribution in [3.8, 4) is 23.1 Å². The van der Waals surface area contributed by atoms with Gasteiger partial charge in [-0.3, -0.25) is 9.78 Å². The van der Waals surface area contributed by atoms with E-state index in [1.165, 1.54) is 0 Å². The lowest BCUT2D eigenvalue weighted by Gasteiger charge is -2.22. The van der Waals surface area contributed by atoms with Crippen LogP contribution in [0, 0.1) is 0 Å². The Morgan fingerprint density at radius 2 is 2.00 bits per heavy atom. The van der Waals surface area contributed by atoms with E-state index in [0.29, 0.717) is 18.0 Å². The summed E-state index contributed by atoms with van der Waals surface area (Å²) in [6, 6.07) is 12.2. The van der Waals surface area contributed by atoms with Crippen molar-refractivity contribution in [2.75, 3.05) is 20.3 Å². The van der Waals surface area contributed by atoms with E-state index in [2.05, 4.69) is 9.97 Å². The number of aromatic hydroxyl groups is 1. The first-order valence-corrected chi connectivity index (χ1v) is 10.9. The van der Waals surface area contributed by atoms with Gasteiger partial charge >= 0.3 is 5.69 Å². The van der Waals surface area contributed by atoms with Crippen LogP contribution in [-0.4, -0.2) is 39.9 Å². The van der Waals surface area contributed by atoms with Gasteiger partial charge in [-0.25, -0.2) is 9.36 Å². The highest BCUT2D eigenvalue weighted by atomic mass is 16.5. The predicted octanol–water partition coefficient (Wildman–Crippen LogP) is 1.33. The average Bonchev–Trinajstić information content (AvgIpc) is 3.19. The molecule has 0 fully saturated rings. The lowest BCUT2D eigenvalue weighted by Crippen LogP contribution is -2.87. The number of hydrogen-bond donors (Lipinski definition) is 4. The number of rotatable bonds is 5. The molecule has 0 saturated heterocycles. The molecule has 2 aromatic heterocycles. The number of hydrogen-bond acceptors (Lipinski definition) is 5. The number of nitrogens with zero attached hydrogens (tertiary/aromatic N) is 1. The van der Waals surface area contributed by atoms with Crippen molar-refractivity contribution in [3.63, 3.8) is 0 Å². The summed E-state index contributed by atoms with van der Waals surface area (Å²) < 4.78 is 12.1. The normalized spacial score (nSPS) is 15.4. The highest BCUT2D eigenvalue weighted by Crippen LogP contribution is 2.35. The average molecular weight is 449 g/mol. The third-order valence-corrected chi connectivity index (χ3v) is 6.09. The van der Waals surface area contributed by atoms with Crippen LogP contribution in [0.2, 0.25) is 0 Å². The minimum atomic E-state index is -0.731. The Morgan fingerprint density at radius 1 is 1.18 bits per heavy atom. The van der Waals surface area contributed by atoms with Gasteiger partial charge in [-0.2, -0.15) is 0 Å². The van der Waals surface area contributed by atoms with Crippen LogP contribution >= 0.6 is 0 Å². The number of aromatic nitrogens is 3. The third kappa shape index (κ3) is 3.37. The Kier molecular flexibility index (Phi) is 5.18. The fourth-order valence-electron chi connectivity index (χ4n) is 4.65. The minimum Gasteiger partial charge on any atom is -0.497 e. The Bertz CT molecular complexity index is 1470. The van der Waals surface area contributed by atoms with Gasteiger partial charge < -0.3 is 24.9 Å². The van der Waals surface area contributed by atoms with Gasteiger partial charge in [0.1, 0.15) is 17.1 Å². The van der Waals surface area contributed by atoms with Gasteiger partial charge in [0.15, 0.2) is 6.04 Å². The van der Waals surface area contributed by atoms with E-state index >= 15 is 0 Å². The molecule has 170 valence electrons. The van der Waals surface area contributed by atoms with E-state index < -0.39 is 23.2 Å². The number of para-hydroxylation sites is 2. The number of quaternary nitrogens is 1. The van der Waals surface area contributed by atoms with Crippen molar-refractivity contribution in [1.82, 2.24) is 14.5 Å². The quantitative estimate of drug-likeness (QED) is 0.366. The number of aromatic amines is 2. The molecule has 0 unspecified atom stereocenters. The lowest BCUT2D eigenvalue weighted by molar-refractivity contribution is -0.690. The molecular weight excluding hydrogens is 424 g/mol. The zero-order valence-corrected chi connectivity index (χ0v) is 18.3. The maximum Gasteiger partial charge on any atom is 0.335 e. The maximum atomic E-state index is 13.0. The van der Waals surface area contributed by atoms with Crippen molar-refractivity contribution in [2.45, 2.75) is 19.4 Å². The van der Waals surface area contributed by atoms with Gasteiger partial charge in [-0.1, -0.05) is 12.1 Å². The molecule has 0 saturated carbocycles. The van der Waals surface area contributed by atoms with E-state index in [-0.39, 0.29) is 5.56 Å². The maximum absolute atomic E-state index is 13.0. The number of fused-ring (bicyclic) bond motifs is 3. The Hall–Kier alpha value is -3.98. The smallest absolute Gasteiger partial charge is 0.335 e. The minimum absolute atomic E-state index is 0.111. The second-order valence-electron chi connectivity index (χ2n) is 7.91. The first-order valence-electron chi connectivity index (χ1n) is 10.9. The summed E-state index contributed by atoms with van der Waals surface area (Å²) in [4.78, 5) is 31.5. The van der Waals surface area contributed by atoms with Crippen LogP contribution in [0.4, 0.5) is 0 Å². The molecule has 33 heavy (non-hydrogen) atoms. The molecule has 9 nitrogen and oxygen atoms in total. The molecule has 0 bridgehead atoms. The topological polar surface area (TPSA) is 126 Å². The molecule has 0 radical (unpaired) electrons. The highest BCUT2D eigenvalue weighted by Gasteiger charge is 2.34. The van der Waals surface area contributed by atoms with Crippen LogP contribution in [0.3, 0.4) is 0 Å². The van der Waals surface area contributed by atoms with Crippen LogP contribution in [0.5, 0.6) is 17.4 Å². The fraction of sp³-hybridized carbons (Fsp3) is 0.250. The summed E-state index contributed by atoms with van der Waals surface area (Å²) in [6.45, 7) is 2.94. The van der Waals surface area contributed by atoms with E-state index in [1.54, 1.807) is 31.4 Å². The zero-order chi connectivity index (χ0) is 23.1. The van der Waals surface area contributed by atoms with Gasteiger partial charge in [0.2, 0.25) is 5.88 Å². The number of nitrogens with one attached hydrogen (secondary N) is 2. The molecule has 3 heterocycles. The summed E-state index contributed by atoms with van der Waals surface area (Å²) in [5.41, 5.74) is 1.94. The van der Waals surface area contributed by atoms with Crippen molar-refractivity contribution >= 4 is 10.9 Å². The number of nitrogens with two attached hydrogens (primary N) is 1. The van der Waals surface area contributed by atoms with Gasteiger partial charge in [-0.15, -0.1) is 0 Å². The Balaban J connectivity index is 1.72. The van der Waals surface area contributed by atoms with Crippen molar-refractivity contribution in [2.24, 2.45) is 0 Å². The van der Waals surface area contributed by atoms with Gasteiger partial charge in [0, 0.05) is 17.3 Å². The Morgan fingerprint density at radius 3 is 2.79 bits per heavy atom. The van der Waals surface area contributed by atoms with Gasteiger partial charge in [-0.05, 0) is 42.8 Å². The molecule has 0 aliphatic carbocycles. The molecule has 1 atom stereocenters. The Labute approximate surface area is 188 Å². The van der Waals surface area contributed by atoms with Crippen molar-refractivity contribution in [1.29, 1.82) is 0 Å². The van der Waals surface area contributed by atoms with E-state index in [1.807, 2.05) is 30.4 Å². The number of methoxy groups -OCH3 is 1. The highest BCUT2D eigenvalue weighted by molar-refractivity contribution is 5.86. The molecule has 2 aromatic carbocycles. The van der Waals surface area contributed by atoms with Crippen LogP contribution in [0.1, 0.15) is 29.8 Å². The molecule has 5 rings (SSSR count). The van der Waals surface area contributed by atoms with E-state index in [4.69, 9.17) is 9.47 Å². The van der Waals surface area contributed by atoms with E-state index in [9.17, 15) is 14.7 Å². The van der Waals surface area contributed by atoms with Crippen LogP contribution in [0.25, 0.3) is 16.6 Å². The molecule has 0 amide bonds. The lowest BCUT2D eigenvalue weighted by atomic mass is 9.95. The van der Waals surface area contributed by atoms with E-state index in [0.717, 1.165) is 45.4 Å². The molecular formula is C24H25N4O5+. The summed E-state index contributed by atoms with van der Waals surface area (Å²) in [5, 5.41) is 14.3. The van der Waals surface area contributed by atoms with Crippen LogP contribution in [0.15, 0.2) is 52.1 Å². The summed E-state index contributed by atoms with van der Waals surface area (Å²) in [6.07, 6.45) is 0.796. The van der Waals surface area contributed by atoms with Gasteiger partial charge in [0.25, 0.3) is 5.56 Å². The van der Waals surface area contributed by atoms with Crippen molar-refractivity contribution < 1.29 is 19.9 Å². The molecule has 4 aromatic rings.